The fourth-order valence-electron chi connectivity index (χ4n) is 4.01. The highest BCUT2D eigenvalue weighted by molar-refractivity contribution is 7.98. The molecule has 0 saturated carbocycles. The SMILES string of the molecule is CCC(C)C(NC(=O)C(N)C(C)C)C(=O)NC(CCSC)C(=O)NC(Cc1c[nH]c2ccccc12)C(=O)O. The van der Waals surface area contributed by atoms with E-state index < -0.39 is 47.9 Å². The number of carboxylic acid groups (broad SMARTS) is 1. The zero-order chi connectivity index (χ0) is 28.4. The number of para-hydroxylation sites is 1. The van der Waals surface area contributed by atoms with Crippen LogP contribution in [0, 0.1) is 11.8 Å². The number of benzene rings is 1. The van der Waals surface area contributed by atoms with Crippen molar-refractivity contribution in [2.24, 2.45) is 17.6 Å². The Kier molecular flexibility index (Phi) is 12.1. The number of aliphatic carboxylic acids is 1. The van der Waals surface area contributed by atoms with Crippen LogP contribution in [0.1, 0.15) is 46.1 Å². The molecule has 5 atom stereocenters. The molecule has 0 radical (unpaired) electrons. The molecule has 10 nitrogen and oxygen atoms in total. The summed E-state index contributed by atoms with van der Waals surface area (Å²) in [5.41, 5.74) is 7.61. The highest BCUT2D eigenvalue weighted by atomic mass is 32.2. The number of aromatic nitrogens is 1. The van der Waals surface area contributed by atoms with Crippen LogP contribution >= 0.6 is 11.8 Å². The molecule has 2 aromatic rings. The van der Waals surface area contributed by atoms with Gasteiger partial charge >= 0.3 is 5.97 Å². The van der Waals surface area contributed by atoms with Crippen molar-refractivity contribution in [1.29, 1.82) is 0 Å². The van der Waals surface area contributed by atoms with E-state index in [2.05, 4.69) is 20.9 Å². The molecule has 0 spiro atoms. The van der Waals surface area contributed by atoms with Gasteiger partial charge in [0.25, 0.3) is 0 Å². The molecule has 11 heteroatoms. The standard InChI is InChI=1S/C27H41N5O5S/c1-6-16(4)23(32-25(34)22(28)15(2)3)26(35)30-20(11-12-38-5)24(33)31-21(27(36)37)13-17-14-29-19-10-8-7-9-18(17)19/h7-10,14-16,20-23,29H,6,11-13,28H2,1-5H3,(H,30,35)(H,31,33)(H,32,34)(H,36,37). The van der Waals surface area contributed by atoms with Crippen LogP contribution < -0.4 is 21.7 Å². The normalized spacial score (nSPS) is 15.3. The molecule has 7 N–H and O–H groups in total. The number of carbonyl (C=O) groups excluding carboxylic acids is 3. The summed E-state index contributed by atoms with van der Waals surface area (Å²) in [6.07, 6.45) is 4.60. The van der Waals surface area contributed by atoms with Crippen LogP contribution in [-0.2, 0) is 25.6 Å². The van der Waals surface area contributed by atoms with Gasteiger partial charge < -0.3 is 31.8 Å². The topological polar surface area (TPSA) is 166 Å². The third-order valence-electron chi connectivity index (χ3n) is 6.77. The number of H-pyrrole nitrogens is 1. The van der Waals surface area contributed by atoms with E-state index in [1.807, 2.05) is 58.2 Å². The van der Waals surface area contributed by atoms with Gasteiger partial charge in [0, 0.05) is 23.5 Å². The average Bonchev–Trinajstić information content (AvgIpc) is 3.30. The Bertz CT molecular complexity index is 1100. The third-order valence-corrected chi connectivity index (χ3v) is 7.42. The van der Waals surface area contributed by atoms with Gasteiger partial charge in [-0.2, -0.15) is 11.8 Å². The van der Waals surface area contributed by atoms with Crippen molar-refractivity contribution in [3.05, 3.63) is 36.0 Å². The summed E-state index contributed by atoms with van der Waals surface area (Å²) < 4.78 is 0. The van der Waals surface area contributed by atoms with E-state index in [1.165, 1.54) is 11.8 Å². The number of carbonyl (C=O) groups is 4. The molecule has 1 aromatic carbocycles. The van der Waals surface area contributed by atoms with E-state index in [0.717, 1.165) is 16.5 Å². The Morgan fingerprint density at radius 2 is 1.66 bits per heavy atom. The molecule has 210 valence electrons. The Balaban J connectivity index is 2.19. The molecule has 3 amide bonds. The first-order valence-corrected chi connectivity index (χ1v) is 14.3. The number of nitrogens with two attached hydrogens (primary N) is 1. The number of hydrogen-bond acceptors (Lipinski definition) is 6. The second-order valence-electron chi connectivity index (χ2n) is 9.95. The maximum atomic E-state index is 13.3. The summed E-state index contributed by atoms with van der Waals surface area (Å²) in [6.45, 7) is 7.38. The predicted octanol–water partition coefficient (Wildman–Crippen LogP) is 2.03. The molecular weight excluding hydrogens is 506 g/mol. The maximum absolute atomic E-state index is 13.3. The minimum atomic E-state index is -1.19. The quantitative estimate of drug-likeness (QED) is 0.198. The lowest BCUT2D eigenvalue weighted by Crippen LogP contribution is -2.59. The highest BCUT2D eigenvalue weighted by Gasteiger charge is 2.33. The minimum absolute atomic E-state index is 0.0763. The van der Waals surface area contributed by atoms with Crippen molar-refractivity contribution in [1.82, 2.24) is 20.9 Å². The Morgan fingerprint density at radius 1 is 1.00 bits per heavy atom. The molecule has 0 bridgehead atoms. The van der Waals surface area contributed by atoms with Gasteiger partial charge in [-0.3, -0.25) is 14.4 Å². The third kappa shape index (κ3) is 8.49. The monoisotopic (exact) mass is 547 g/mol. The van der Waals surface area contributed by atoms with Crippen molar-refractivity contribution >= 4 is 46.4 Å². The number of carboxylic acids is 1. The van der Waals surface area contributed by atoms with Crippen molar-refractivity contribution in [3.63, 3.8) is 0 Å². The summed E-state index contributed by atoms with van der Waals surface area (Å²) in [7, 11) is 0. The van der Waals surface area contributed by atoms with E-state index in [1.54, 1.807) is 6.20 Å². The second-order valence-corrected chi connectivity index (χ2v) is 10.9. The zero-order valence-electron chi connectivity index (χ0n) is 22.7. The van der Waals surface area contributed by atoms with Gasteiger partial charge in [-0.25, -0.2) is 4.79 Å². The molecular formula is C27H41N5O5S. The summed E-state index contributed by atoms with van der Waals surface area (Å²) in [4.78, 5) is 54.3. The fourth-order valence-corrected chi connectivity index (χ4v) is 4.48. The number of rotatable bonds is 15. The Hall–Kier alpha value is -3.05. The number of hydrogen-bond donors (Lipinski definition) is 6. The first-order chi connectivity index (χ1) is 18.0. The van der Waals surface area contributed by atoms with Gasteiger partial charge in [-0.15, -0.1) is 0 Å². The largest absolute Gasteiger partial charge is 0.480 e. The molecule has 5 unspecified atom stereocenters. The van der Waals surface area contributed by atoms with Crippen LogP contribution in [0.3, 0.4) is 0 Å². The van der Waals surface area contributed by atoms with Crippen LogP contribution in [0.4, 0.5) is 0 Å². The van der Waals surface area contributed by atoms with Gasteiger partial charge in [-0.1, -0.05) is 52.3 Å². The molecule has 1 heterocycles. The van der Waals surface area contributed by atoms with Crippen LogP contribution in [0.5, 0.6) is 0 Å². The lowest BCUT2D eigenvalue weighted by molar-refractivity contribution is -0.142. The zero-order valence-corrected chi connectivity index (χ0v) is 23.6. The van der Waals surface area contributed by atoms with E-state index in [4.69, 9.17) is 5.73 Å². The summed E-state index contributed by atoms with van der Waals surface area (Å²) >= 11 is 1.50. The van der Waals surface area contributed by atoms with Gasteiger partial charge in [0.05, 0.1) is 6.04 Å². The van der Waals surface area contributed by atoms with Crippen molar-refractivity contribution < 1.29 is 24.3 Å². The van der Waals surface area contributed by atoms with Gasteiger partial charge in [0.2, 0.25) is 17.7 Å². The van der Waals surface area contributed by atoms with Gasteiger partial charge in [0.1, 0.15) is 18.1 Å². The first-order valence-electron chi connectivity index (χ1n) is 12.9. The number of fused-ring (bicyclic) bond motifs is 1. The molecule has 0 fully saturated rings. The Morgan fingerprint density at radius 3 is 2.26 bits per heavy atom. The number of amides is 3. The average molecular weight is 548 g/mol. The second kappa shape index (κ2) is 14.8. The molecule has 1 aromatic heterocycles. The molecule has 38 heavy (non-hydrogen) atoms. The number of nitrogens with one attached hydrogen (secondary N) is 4. The van der Waals surface area contributed by atoms with Crippen molar-refractivity contribution in [2.45, 2.75) is 71.1 Å². The van der Waals surface area contributed by atoms with Gasteiger partial charge in [0.15, 0.2) is 0 Å². The van der Waals surface area contributed by atoms with Crippen LogP contribution in [0.25, 0.3) is 10.9 Å². The van der Waals surface area contributed by atoms with E-state index in [-0.39, 0.29) is 18.3 Å². The van der Waals surface area contributed by atoms with Crippen molar-refractivity contribution in [2.75, 3.05) is 12.0 Å². The summed E-state index contributed by atoms with van der Waals surface area (Å²) in [5.74, 6) is -2.46. The molecule has 0 aliphatic heterocycles. The lowest BCUT2D eigenvalue weighted by Gasteiger charge is -2.28. The summed E-state index contributed by atoms with van der Waals surface area (Å²) in [5, 5.41) is 18.8. The van der Waals surface area contributed by atoms with E-state index in [9.17, 15) is 24.3 Å². The molecule has 2 rings (SSSR count). The van der Waals surface area contributed by atoms with E-state index >= 15 is 0 Å². The first kappa shape index (κ1) is 31.2. The number of thioether (sulfide) groups is 1. The predicted molar refractivity (Wildman–Crippen MR) is 151 cm³/mol. The number of aromatic amines is 1. The Labute approximate surface area is 228 Å². The minimum Gasteiger partial charge on any atom is -0.480 e. The van der Waals surface area contributed by atoms with Gasteiger partial charge in [-0.05, 0) is 41.9 Å². The maximum Gasteiger partial charge on any atom is 0.326 e. The lowest BCUT2D eigenvalue weighted by atomic mass is 9.96. The van der Waals surface area contributed by atoms with Crippen molar-refractivity contribution in [3.8, 4) is 0 Å². The van der Waals surface area contributed by atoms with Crippen LogP contribution in [0.2, 0.25) is 0 Å². The highest BCUT2D eigenvalue weighted by Crippen LogP contribution is 2.19. The summed E-state index contributed by atoms with van der Waals surface area (Å²) in [6, 6.07) is 3.70. The fraction of sp³-hybridized carbons (Fsp3) is 0.556. The van der Waals surface area contributed by atoms with Crippen LogP contribution in [-0.4, -0.2) is 70.0 Å². The molecule has 0 aliphatic carbocycles. The van der Waals surface area contributed by atoms with E-state index in [0.29, 0.717) is 18.6 Å². The smallest absolute Gasteiger partial charge is 0.326 e. The molecule has 0 aliphatic rings. The molecule has 0 saturated heterocycles. The van der Waals surface area contributed by atoms with Crippen LogP contribution in [0.15, 0.2) is 30.5 Å².